The van der Waals surface area contributed by atoms with Crippen LogP contribution in [-0.4, -0.2) is 17.9 Å². The number of allylic oxidation sites excluding steroid dienone is 1. The Hall–Kier alpha value is -1.27. The fourth-order valence-corrected chi connectivity index (χ4v) is 3.78. The summed E-state index contributed by atoms with van der Waals surface area (Å²) in [5, 5.41) is 5.13. The predicted octanol–water partition coefficient (Wildman–Crippen LogP) is 5.76. The minimum absolute atomic E-state index is 0.190. The number of amides is 1. The molecule has 0 radical (unpaired) electrons. The van der Waals surface area contributed by atoms with Gasteiger partial charge in [0.1, 0.15) is 0 Å². The Morgan fingerprint density at radius 2 is 1.80 bits per heavy atom. The third-order valence-electron chi connectivity index (χ3n) is 3.02. The molecule has 1 N–H and O–H groups in total. The van der Waals surface area contributed by atoms with E-state index in [1.165, 1.54) is 11.8 Å². The average Bonchev–Trinajstić information content (AvgIpc) is 2.58. The molecule has 0 aliphatic carbocycles. The Bertz CT molecular complexity index is 762. The van der Waals surface area contributed by atoms with E-state index >= 15 is 0 Å². The summed E-state index contributed by atoms with van der Waals surface area (Å²) in [6, 6.07) is 15.2. The number of hydrogen-bond donors (Lipinski definition) is 1. The van der Waals surface area contributed by atoms with E-state index < -0.39 is 0 Å². The van der Waals surface area contributed by atoms with E-state index in [1.807, 2.05) is 36.4 Å². The first-order valence-electron chi connectivity index (χ1n) is 7.31. The molecule has 2 aromatic rings. The van der Waals surface area contributed by atoms with Crippen molar-refractivity contribution >= 4 is 69.1 Å². The van der Waals surface area contributed by atoms with Gasteiger partial charge < -0.3 is 0 Å². The Kier molecular flexibility index (Phi) is 8.55. The van der Waals surface area contributed by atoms with Crippen molar-refractivity contribution in [2.75, 3.05) is 5.75 Å². The van der Waals surface area contributed by atoms with Crippen molar-refractivity contribution in [1.29, 1.82) is 0 Å². The zero-order chi connectivity index (χ0) is 18.1. The SMILES string of the molecule is O=C(CSCc1c(Cl)cccc1Cl)NN=CC(Br)=Cc1ccccc1. The summed E-state index contributed by atoms with van der Waals surface area (Å²) in [5.74, 6) is 0.635. The normalized spacial score (nSPS) is 11.7. The van der Waals surface area contributed by atoms with Gasteiger partial charge in [0, 0.05) is 20.3 Å². The van der Waals surface area contributed by atoms with Gasteiger partial charge in [0.2, 0.25) is 5.91 Å². The highest BCUT2D eigenvalue weighted by Gasteiger charge is 2.07. The molecule has 0 saturated heterocycles. The topological polar surface area (TPSA) is 41.5 Å². The second-order valence-electron chi connectivity index (χ2n) is 4.93. The molecule has 0 spiro atoms. The van der Waals surface area contributed by atoms with Gasteiger partial charge in [-0.2, -0.15) is 5.10 Å². The van der Waals surface area contributed by atoms with Crippen molar-refractivity contribution in [3.05, 3.63) is 74.2 Å². The van der Waals surface area contributed by atoms with E-state index in [0.29, 0.717) is 15.8 Å². The number of carbonyl (C=O) groups is 1. The second-order valence-corrected chi connectivity index (χ2v) is 7.64. The molecule has 0 aromatic heterocycles. The highest BCUT2D eigenvalue weighted by molar-refractivity contribution is 9.12. The van der Waals surface area contributed by atoms with Gasteiger partial charge in [-0.05, 0) is 45.3 Å². The van der Waals surface area contributed by atoms with Crippen molar-refractivity contribution in [3.63, 3.8) is 0 Å². The Balaban J connectivity index is 1.76. The number of benzene rings is 2. The van der Waals surface area contributed by atoms with Crippen LogP contribution in [0.2, 0.25) is 10.0 Å². The lowest BCUT2D eigenvalue weighted by atomic mass is 10.2. The first kappa shape index (κ1) is 20.0. The summed E-state index contributed by atoms with van der Waals surface area (Å²) in [4.78, 5) is 11.8. The van der Waals surface area contributed by atoms with Crippen LogP contribution in [0.15, 0.2) is 58.1 Å². The zero-order valence-corrected chi connectivity index (χ0v) is 17.0. The number of hydrazone groups is 1. The molecule has 130 valence electrons. The Labute approximate surface area is 169 Å². The maximum Gasteiger partial charge on any atom is 0.250 e. The van der Waals surface area contributed by atoms with Crippen LogP contribution in [0.3, 0.4) is 0 Å². The summed E-state index contributed by atoms with van der Waals surface area (Å²) in [5.41, 5.74) is 4.36. The van der Waals surface area contributed by atoms with Gasteiger partial charge in [0.15, 0.2) is 0 Å². The first-order chi connectivity index (χ1) is 12.1. The molecule has 0 fully saturated rings. The van der Waals surface area contributed by atoms with E-state index in [-0.39, 0.29) is 11.7 Å². The molecule has 0 atom stereocenters. The lowest BCUT2D eigenvalue weighted by molar-refractivity contribution is -0.118. The van der Waals surface area contributed by atoms with Gasteiger partial charge in [-0.3, -0.25) is 4.79 Å². The fraction of sp³-hybridized carbons (Fsp3) is 0.111. The molecule has 0 saturated carbocycles. The van der Waals surface area contributed by atoms with Crippen molar-refractivity contribution < 1.29 is 4.79 Å². The van der Waals surface area contributed by atoms with Crippen molar-refractivity contribution in [2.24, 2.45) is 5.10 Å². The average molecular weight is 458 g/mol. The molecule has 2 rings (SSSR count). The number of thioether (sulfide) groups is 1. The molecule has 7 heteroatoms. The van der Waals surface area contributed by atoms with Gasteiger partial charge >= 0.3 is 0 Å². The number of hydrogen-bond acceptors (Lipinski definition) is 3. The van der Waals surface area contributed by atoms with E-state index in [0.717, 1.165) is 15.6 Å². The second kappa shape index (κ2) is 10.7. The molecule has 25 heavy (non-hydrogen) atoms. The number of rotatable bonds is 7. The van der Waals surface area contributed by atoms with Gasteiger partial charge in [-0.1, -0.05) is 59.6 Å². The minimum Gasteiger partial charge on any atom is -0.272 e. The van der Waals surface area contributed by atoms with E-state index in [9.17, 15) is 4.79 Å². The monoisotopic (exact) mass is 456 g/mol. The van der Waals surface area contributed by atoms with E-state index in [4.69, 9.17) is 23.2 Å². The van der Waals surface area contributed by atoms with E-state index in [1.54, 1.807) is 24.4 Å². The van der Waals surface area contributed by atoms with Gasteiger partial charge in [0.25, 0.3) is 0 Å². The summed E-state index contributed by atoms with van der Waals surface area (Å²) < 4.78 is 0.759. The first-order valence-corrected chi connectivity index (χ1v) is 10.0. The molecule has 1 amide bonds. The molecule has 0 unspecified atom stereocenters. The highest BCUT2D eigenvalue weighted by atomic mass is 79.9. The Morgan fingerprint density at radius 1 is 1.12 bits per heavy atom. The fourth-order valence-electron chi connectivity index (χ4n) is 1.86. The van der Waals surface area contributed by atoms with Crippen LogP contribution in [0.5, 0.6) is 0 Å². The largest absolute Gasteiger partial charge is 0.272 e. The predicted molar refractivity (Wildman–Crippen MR) is 113 cm³/mol. The molecule has 2 aromatic carbocycles. The maximum atomic E-state index is 11.8. The molecule has 0 aliphatic rings. The molecule has 0 aliphatic heterocycles. The van der Waals surface area contributed by atoms with E-state index in [2.05, 4.69) is 26.5 Å². The van der Waals surface area contributed by atoms with Crippen molar-refractivity contribution in [2.45, 2.75) is 5.75 Å². The highest BCUT2D eigenvalue weighted by Crippen LogP contribution is 2.28. The van der Waals surface area contributed by atoms with Crippen LogP contribution in [0.25, 0.3) is 6.08 Å². The quantitative estimate of drug-likeness (QED) is 0.423. The van der Waals surface area contributed by atoms with Crippen molar-refractivity contribution in [3.8, 4) is 0 Å². The van der Waals surface area contributed by atoms with Crippen LogP contribution >= 0.6 is 50.9 Å². The standard InChI is InChI=1S/C18H15BrCl2N2OS/c19-14(9-13-5-2-1-3-6-13)10-22-23-18(24)12-25-11-15-16(20)7-4-8-17(15)21/h1-10H,11-12H2,(H,23,24). The van der Waals surface area contributed by atoms with Crippen molar-refractivity contribution in [1.82, 2.24) is 5.43 Å². The maximum absolute atomic E-state index is 11.8. The minimum atomic E-state index is -0.190. The lowest BCUT2D eigenvalue weighted by Crippen LogP contribution is -2.19. The molecule has 0 bridgehead atoms. The van der Waals surface area contributed by atoms with Crippen LogP contribution in [0.4, 0.5) is 0 Å². The zero-order valence-electron chi connectivity index (χ0n) is 13.1. The summed E-state index contributed by atoms with van der Waals surface area (Å²) in [6.07, 6.45) is 3.45. The van der Waals surface area contributed by atoms with Crippen LogP contribution in [0.1, 0.15) is 11.1 Å². The summed E-state index contributed by atoms with van der Waals surface area (Å²) >= 11 is 17.0. The van der Waals surface area contributed by atoms with Gasteiger partial charge in [-0.15, -0.1) is 11.8 Å². The third kappa shape index (κ3) is 7.24. The number of carbonyl (C=O) groups excluding carboxylic acids is 1. The lowest BCUT2D eigenvalue weighted by Gasteiger charge is -2.06. The molecule has 0 heterocycles. The Morgan fingerprint density at radius 3 is 2.48 bits per heavy atom. The van der Waals surface area contributed by atoms with Crippen LogP contribution < -0.4 is 5.43 Å². The van der Waals surface area contributed by atoms with Crippen LogP contribution in [-0.2, 0) is 10.5 Å². The summed E-state index contributed by atoms with van der Waals surface area (Å²) in [6.45, 7) is 0. The summed E-state index contributed by atoms with van der Waals surface area (Å²) in [7, 11) is 0. The molecular formula is C18H15BrCl2N2OS. The molecular weight excluding hydrogens is 443 g/mol. The third-order valence-corrected chi connectivity index (χ3v) is 5.12. The van der Waals surface area contributed by atoms with Crippen LogP contribution in [0, 0.1) is 0 Å². The number of nitrogens with zero attached hydrogens (tertiary/aromatic N) is 1. The van der Waals surface area contributed by atoms with Gasteiger partial charge in [0.05, 0.1) is 12.0 Å². The molecule has 3 nitrogen and oxygen atoms in total. The smallest absolute Gasteiger partial charge is 0.250 e. The number of halogens is 3. The number of nitrogens with one attached hydrogen (secondary N) is 1. The van der Waals surface area contributed by atoms with Gasteiger partial charge in [-0.25, -0.2) is 5.43 Å².